The van der Waals surface area contributed by atoms with Crippen LogP contribution >= 0.6 is 0 Å². The van der Waals surface area contributed by atoms with E-state index in [1.165, 1.54) is 0 Å². The third-order valence-electron chi connectivity index (χ3n) is 3.51. The molecule has 1 aliphatic heterocycles. The van der Waals surface area contributed by atoms with Gasteiger partial charge in [0.2, 0.25) is 6.29 Å². The van der Waals surface area contributed by atoms with Crippen molar-refractivity contribution in [2.75, 3.05) is 5.73 Å². The summed E-state index contributed by atoms with van der Waals surface area (Å²) >= 11 is 0. The second-order valence-electron chi connectivity index (χ2n) is 6.38. The Kier molecular flexibility index (Phi) is 2.44. The van der Waals surface area contributed by atoms with Crippen LogP contribution in [0.15, 0.2) is 12.1 Å². The molecule has 0 radical (unpaired) electrons. The summed E-state index contributed by atoms with van der Waals surface area (Å²) in [5.41, 5.74) is 8.51. The van der Waals surface area contributed by atoms with Gasteiger partial charge >= 0.3 is 0 Å². The highest BCUT2D eigenvalue weighted by atomic mass is 16.6. The molecule has 3 nitrogen and oxygen atoms in total. The van der Waals surface area contributed by atoms with Gasteiger partial charge in [-0.15, -0.1) is 0 Å². The molecule has 0 fully saturated rings. The van der Waals surface area contributed by atoms with Gasteiger partial charge in [-0.25, -0.2) is 0 Å². The van der Waals surface area contributed by atoms with Crippen LogP contribution in [0.5, 0.6) is 5.75 Å². The van der Waals surface area contributed by atoms with Crippen LogP contribution in [-0.2, 0) is 10.8 Å². The second-order valence-corrected chi connectivity index (χ2v) is 6.38. The number of hydrogen-bond donors (Lipinski definition) is 2. The van der Waals surface area contributed by atoms with E-state index in [0.29, 0.717) is 5.75 Å². The molecular weight excluding hydrogens is 214 g/mol. The van der Waals surface area contributed by atoms with E-state index in [1.54, 1.807) is 0 Å². The zero-order chi connectivity index (χ0) is 13.0. The molecule has 1 aromatic rings. The minimum absolute atomic E-state index is 0.0112. The monoisotopic (exact) mass is 235 g/mol. The van der Waals surface area contributed by atoms with E-state index < -0.39 is 6.29 Å². The molecule has 1 aromatic carbocycles. The maximum atomic E-state index is 9.90. The number of ether oxygens (including phenoxy) is 1. The van der Waals surface area contributed by atoms with E-state index in [0.717, 1.165) is 16.8 Å². The molecule has 1 unspecified atom stereocenters. The molecule has 17 heavy (non-hydrogen) atoms. The van der Waals surface area contributed by atoms with E-state index >= 15 is 0 Å². The molecule has 1 aliphatic rings. The molecule has 0 spiro atoms. The number of aliphatic hydroxyl groups is 1. The van der Waals surface area contributed by atoms with Crippen molar-refractivity contribution in [3.05, 3.63) is 23.3 Å². The van der Waals surface area contributed by atoms with Gasteiger partial charge < -0.3 is 15.6 Å². The summed E-state index contributed by atoms with van der Waals surface area (Å²) < 4.78 is 5.45. The van der Waals surface area contributed by atoms with Crippen LogP contribution < -0.4 is 10.5 Å². The first-order chi connectivity index (χ1) is 7.64. The summed E-state index contributed by atoms with van der Waals surface area (Å²) in [4.78, 5) is 0. The zero-order valence-electron chi connectivity index (χ0n) is 11.2. The lowest BCUT2D eigenvalue weighted by atomic mass is 9.79. The van der Waals surface area contributed by atoms with Gasteiger partial charge in [0.05, 0.1) is 5.41 Å². The first kappa shape index (κ1) is 12.2. The van der Waals surface area contributed by atoms with Gasteiger partial charge in [0.15, 0.2) is 0 Å². The first-order valence-electron chi connectivity index (χ1n) is 5.93. The van der Waals surface area contributed by atoms with Crippen molar-refractivity contribution in [2.45, 2.75) is 51.7 Å². The molecular formula is C14H21NO2. The lowest BCUT2D eigenvalue weighted by molar-refractivity contribution is -0.0450. The Morgan fingerprint density at radius 1 is 1.29 bits per heavy atom. The standard InChI is InChI=1S/C14H21NO2/c1-13(2,3)8-6-9-11(7-10(8)15)17-12(16)14(9,4)5/h6-7,12,16H,15H2,1-5H3. The molecule has 0 bridgehead atoms. The number of aliphatic hydroxyl groups excluding tert-OH is 1. The number of fused-ring (bicyclic) bond motifs is 1. The molecule has 2 rings (SSSR count). The Bertz CT molecular complexity index is 458. The van der Waals surface area contributed by atoms with Gasteiger partial charge in [-0.3, -0.25) is 0 Å². The number of anilines is 1. The largest absolute Gasteiger partial charge is 0.464 e. The SMILES string of the molecule is CC(C)(C)c1cc2c(cc1N)OC(O)C2(C)C. The van der Waals surface area contributed by atoms with Crippen molar-refractivity contribution in [1.29, 1.82) is 0 Å². The molecule has 1 atom stereocenters. The highest BCUT2D eigenvalue weighted by Gasteiger charge is 2.41. The number of nitrogens with two attached hydrogens (primary N) is 1. The minimum atomic E-state index is -0.799. The molecule has 3 N–H and O–H groups in total. The smallest absolute Gasteiger partial charge is 0.206 e. The van der Waals surface area contributed by atoms with Crippen LogP contribution in [0, 0.1) is 0 Å². The minimum Gasteiger partial charge on any atom is -0.464 e. The van der Waals surface area contributed by atoms with Crippen molar-refractivity contribution in [3.63, 3.8) is 0 Å². The highest BCUT2D eigenvalue weighted by molar-refractivity contribution is 5.60. The van der Waals surface area contributed by atoms with Gasteiger partial charge in [-0.05, 0) is 30.9 Å². The van der Waals surface area contributed by atoms with Gasteiger partial charge in [0.25, 0.3) is 0 Å². The molecule has 0 aromatic heterocycles. The topological polar surface area (TPSA) is 55.5 Å². The summed E-state index contributed by atoms with van der Waals surface area (Å²) in [5, 5.41) is 9.90. The quantitative estimate of drug-likeness (QED) is 0.679. The van der Waals surface area contributed by atoms with E-state index in [2.05, 4.69) is 26.8 Å². The third kappa shape index (κ3) is 1.78. The van der Waals surface area contributed by atoms with Gasteiger partial charge in [0, 0.05) is 17.3 Å². The number of benzene rings is 1. The average molecular weight is 235 g/mol. The Morgan fingerprint density at radius 3 is 2.41 bits per heavy atom. The van der Waals surface area contributed by atoms with Gasteiger partial charge in [-0.1, -0.05) is 20.8 Å². The molecule has 3 heteroatoms. The predicted molar refractivity (Wildman–Crippen MR) is 69.2 cm³/mol. The molecule has 0 saturated heterocycles. The fourth-order valence-electron chi connectivity index (χ4n) is 2.25. The lowest BCUT2D eigenvalue weighted by Gasteiger charge is -2.25. The highest BCUT2D eigenvalue weighted by Crippen LogP contribution is 2.45. The summed E-state index contributed by atoms with van der Waals surface area (Å²) in [6.45, 7) is 10.3. The van der Waals surface area contributed by atoms with Crippen LogP contribution in [-0.4, -0.2) is 11.4 Å². The second kappa shape index (κ2) is 3.39. The molecule has 1 heterocycles. The van der Waals surface area contributed by atoms with Crippen molar-refractivity contribution in [1.82, 2.24) is 0 Å². The average Bonchev–Trinajstić information content (AvgIpc) is 2.34. The van der Waals surface area contributed by atoms with Gasteiger partial charge in [-0.2, -0.15) is 0 Å². The Morgan fingerprint density at radius 2 is 1.88 bits per heavy atom. The lowest BCUT2D eigenvalue weighted by Crippen LogP contribution is -2.31. The summed E-state index contributed by atoms with van der Waals surface area (Å²) in [6, 6.07) is 3.90. The van der Waals surface area contributed by atoms with Crippen molar-refractivity contribution >= 4 is 5.69 Å². The Labute approximate surface area is 103 Å². The fraction of sp³-hybridized carbons (Fsp3) is 0.571. The number of nitrogen functional groups attached to an aromatic ring is 1. The van der Waals surface area contributed by atoms with Crippen molar-refractivity contribution in [3.8, 4) is 5.75 Å². The van der Waals surface area contributed by atoms with Crippen LogP contribution in [0.1, 0.15) is 45.7 Å². The van der Waals surface area contributed by atoms with E-state index in [9.17, 15) is 5.11 Å². The fourth-order valence-corrected chi connectivity index (χ4v) is 2.25. The van der Waals surface area contributed by atoms with Gasteiger partial charge in [0.1, 0.15) is 5.75 Å². The maximum absolute atomic E-state index is 9.90. The molecule has 94 valence electrons. The van der Waals surface area contributed by atoms with Crippen LogP contribution in [0.4, 0.5) is 5.69 Å². The summed E-state index contributed by atoms with van der Waals surface area (Å²) in [6.07, 6.45) is -0.799. The molecule has 0 amide bonds. The van der Waals surface area contributed by atoms with Crippen molar-refractivity contribution in [2.24, 2.45) is 0 Å². The predicted octanol–water partition coefficient (Wildman–Crippen LogP) is 2.55. The first-order valence-corrected chi connectivity index (χ1v) is 5.93. The summed E-state index contributed by atoms with van der Waals surface area (Å²) in [7, 11) is 0. The van der Waals surface area contributed by atoms with E-state index in [-0.39, 0.29) is 10.8 Å². The Hall–Kier alpha value is -1.22. The molecule has 0 aliphatic carbocycles. The number of hydrogen-bond acceptors (Lipinski definition) is 3. The normalized spacial score (nSPS) is 22.1. The zero-order valence-corrected chi connectivity index (χ0v) is 11.2. The number of rotatable bonds is 0. The van der Waals surface area contributed by atoms with Crippen LogP contribution in [0.25, 0.3) is 0 Å². The summed E-state index contributed by atoms with van der Waals surface area (Å²) in [5.74, 6) is 0.702. The van der Waals surface area contributed by atoms with E-state index in [1.807, 2.05) is 19.9 Å². The Balaban J connectivity index is 2.62. The van der Waals surface area contributed by atoms with Crippen LogP contribution in [0.3, 0.4) is 0 Å². The molecule has 0 saturated carbocycles. The third-order valence-corrected chi connectivity index (χ3v) is 3.51. The van der Waals surface area contributed by atoms with Crippen molar-refractivity contribution < 1.29 is 9.84 Å². The maximum Gasteiger partial charge on any atom is 0.206 e. The van der Waals surface area contributed by atoms with E-state index in [4.69, 9.17) is 10.5 Å². The van der Waals surface area contributed by atoms with Crippen LogP contribution in [0.2, 0.25) is 0 Å².